The van der Waals surface area contributed by atoms with Crippen LogP contribution >= 0.6 is 27.3 Å². The number of hydrogen-bond donors (Lipinski definition) is 1. The maximum absolute atomic E-state index is 11.7. The Labute approximate surface area is 137 Å². The summed E-state index contributed by atoms with van der Waals surface area (Å²) in [6, 6.07) is 11.8. The van der Waals surface area contributed by atoms with Gasteiger partial charge in [-0.15, -0.1) is 11.3 Å². The van der Waals surface area contributed by atoms with Gasteiger partial charge in [0.1, 0.15) is 5.75 Å². The summed E-state index contributed by atoms with van der Waals surface area (Å²) in [4.78, 5) is 13.0. The first-order valence-electron chi connectivity index (χ1n) is 6.91. The van der Waals surface area contributed by atoms with E-state index >= 15 is 0 Å². The molecule has 0 aliphatic carbocycles. The number of benzene rings is 1. The molecule has 0 aliphatic heterocycles. The lowest BCUT2D eigenvalue weighted by atomic mass is 10.3. The molecule has 0 saturated carbocycles. The van der Waals surface area contributed by atoms with Crippen LogP contribution in [0, 0.1) is 0 Å². The molecule has 1 amide bonds. The smallest absolute Gasteiger partial charge is 0.220 e. The first kappa shape index (κ1) is 16.0. The van der Waals surface area contributed by atoms with Gasteiger partial charge in [0, 0.05) is 22.3 Å². The molecule has 2 aromatic rings. The Kier molecular flexibility index (Phi) is 6.76. The standard InChI is InChI=1S/C16H18BrNO2S/c17-13-4-1-5-14(12-13)20-10-2-7-16(19)18-9-8-15-6-3-11-21-15/h1,3-6,11-12H,2,7-10H2,(H,18,19). The molecule has 3 nitrogen and oxygen atoms in total. The van der Waals surface area contributed by atoms with Crippen molar-refractivity contribution >= 4 is 33.2 Å². The number of ether oxygens (including phenoxy) is 1. The number of carbonyl (C=O) groups is 1. The number of nitrogens with one attached hydrogen (secondary N) is 1. The zero-order chi connectivity index (χ0) is 14.9. The van der Waals surface area contributed by atoms with E-state index in [2.05, 4.69) is 32.7 Å². The Morgan fingerprint density at radius 1 is 1.29 bits per heavy atom. The summed E-state index contributed by atoms with van der Waals surface area (Å²) in [7, 11) is 0. The highest BCUT2D eigenvalue weighted by molar-refractivity contribution is 9.10. The molecule has 1 N–H and O–H groups in total. The fourth-order valence-corrected chi connectivity index (χ4v) is 2.94. The van der Waals surface area contributed by atoms with Crippen molar-refractivity contribution in [2.45, 2.75) is 19.3 Å². The van der Waals surface area contributed by atoms with Crippen LogP contribution in [0.25, 0.3) is 0 Å². The molecule has 0 unspecified atom stereocenters. The van der Waals surface area contributed by atoms with Crippen molar-refractivity contribution in [3.63, 3.8) is 0 Å². The van der Waals surface area contributed by atoms with Crippen molar-refractivity contribution in [3.05, 3.63) is 51.1 Å². The van der Waals surface area contributed by atoms with Crippen molar-refractivity contribution < 1.29 is 9.53 Å². The number of rotatable bonds is 8. The van der Waals surface area contributed by atoms with E-state index in [9.17, 15) is 4.79 Å². The third-order valence-corrected chi connectivity index (χ3v) is 4.32. The van der Waals surface area contributed by atoms with Crippen LogP contribution in [0.3, 0.4) is 0 Å². The Bertz CT molecular complexity index is 557. The summed E-state index contributed by atoms with van der Waals surface area (Å²) < 4.78 is 6.58. The van der Waals surface area contributed by atoms with Gasteiger partial charge in [0.15, 0.2) is 0 Å². The molecule has 0 fully saturated rings. The van der Waals surface area contributed by atoms with Gasteiger partial charge in [-0.2, -0.15) is 0 Å². The maximum atomic E-state index is 11.7. The number of amides is 1. The molecule has 0 radical (unpaired) electrons. The van der Waals surface area contributed by atoms with E-state index in [0.29, 0.717) is 19.6 Å². The third kappa shape index (κ3) is 6.31. The van der Waals surface area contributed by atoms with Gasteiger partial charge in [-0.05, 0) is 42.5 Å². The van der Waals surface area contributed by atoms with E-state index in [-0.39, 0.29) is 5.91 Å². The van der Waals surface area contributed by atoms with Crippen molar-refractivity contribution in [2.75, 3.05) is 13.2 Å². The minimum atomic E-state index is 0.0874. The van der Waals surface area contributed by atoms with Gasteiger partial charge < -0.3 is 10.1 Å². The van der Waals surface area contributed by atoms with E-state index in [1.807, 2.05) is 30.3 Å². The van der Waals surface area contributed by atoms with Gasteiger partial charge in [0.25, 0.3) is 0 Å². The number of hydrogen-bond acceptors (Lipinski definition) is 3. The third-order valence-electron chi connectivity index (χ3n) is 2.89. The second-order valence-electron chi connectivity index (χ2n) is 4.59. The van der Waals surface area contributed by atoms with Crippen molar-refractivity contribution in [3.8, 4) is 5.75 Å². The molecule has 0 saturated heterocycles. The summed E-state index contributed by atoms with van der Waals surface area (Å²) in [5, 5.41) is 4.99. The molecule has 1 aromatic carbocycles. The molecular weight excluding hydrogens is 350 g/mol. The first-order valence-corrected chi connectivity index (χ1v) is 8.59. The highest BCUT2D eigenvalue weighted by Crippen LogP contribution is 2.17. The summed E-state index contributed by atoms with van der Waals surface area (Å²) in [5.74, 6) is 0.909. The minimum Gasteiger partial charge on any atom is -0.494 e. The summed E-state index contributed by atoms with van der Waals surface area (Å²) in [5.41, 5.74) is 0. The van der Waals surface area contributed by atoms with Crippen molar-refractivity contribution in [1.82, 2.24) is 5.32 Å². The second kappa shape index (κ2) is 8.85. The summed E-state index contributed by atoms with van der Waals surface area (Å²) >= 11 is 5.12. The normalized spacial score (nSPS) is 10.3. The Morgan fingerprint density at radius 3 is 2.95 bits per heavy atom. The van der Waals surface area contributed by atoms with Crippen molar-refractivity contribution in [1.29, 1.82) is 0 Å². The lowest BCUT2D eigenvalue weighted by Gasteiger charge is -2.07. The van der Waals surface area contributed by atoms with E-state index in [1.165, 1.54) is 4.88 Å². The average molecular weight is 368 g/mol. The van der Waals surface area contributed by atoms with Gasteiger partial charge in [0.2, 0.25) is 5.91 Å². The zero-order valence-electron chi connectivity index (χ0n) is 11.7. The van der Waals surface area contributed by atoms with Gasteiger partial charge in [-0.25, -0.2) is 0 Å². The van der Waals surface area contributed by atoms with Crippen LogP contribution in [-0.2, 0) is 11.2 Å². The minimum absolute atomic E-state index is 0.0874. The molecule has 1 heterocycles. The molecule has 1 aromatic heterocycles. The van der Waals surface area contributed by atoms with Gasteiger partial charge in [0.05, 0.1) is 6.61 Å². The second-order valence-corrected chi connectivity index (χ2v) is 6.54. The largest absolute Gasteiger partial charge is 0.494 e. The Balaban J connectivity index is 1.55. The number of halogens is 1. The first-order chi connectivity index (χ1) is 10.2. The van der Waals surface area contributed by atoms with Crippen LogP contribution in [0.5, 0.6) is 5.75 Å². The Hall–Kier alpha value is -1.33. The topological polar surface area (TPSA) is 38.3 Å². The quantitative estimate of drug-likeness (QED) is 0.715. The molecule has 112 valence electrons. The fraction of sp³-hybridized carbons (Fsp3) is 0.312. The number of carbonyl (C=O) groups excluding carboxylic acids is 1. The van der Waals surface area contributed by atoms with Crippen LogP contribution in [0.1, 0.15) is 17.7 Å². The SMILES string of the molecule is O=C(CCCOc1cccc(Br)c1)NCCc1cccs1. The molecular formula is C16H18BrNO2S. The summed E-state index contributed by atoms with van der Waals surface area (Å²) in [6.07, 6.45) is 2.12. The fourth-order valence-electron chi connectivity index (χ4n) is 1.85. The lowest BCUT2D eigenvalue weighted by molar-refractivity contribution is -0.121. The predicted molar refractivity (Wildman–Crippen MR) is 89.9 cm³/mol. The lowest BCUT2D eigenvalue weighted by Crippen LogP contribution is -2.25. The van der Waals surface area contributed by atoms with Gasteiger partial charge in [-0.1, -0.05) is 28.1 Å². The molecule has 21 heavy (non-hydrogen) atoms. The van der Waals surface area contributed by atoms with Crippen LogP contribution in [0.4, 0.5) is 0 Å². The molecule has 0 spiro atoms. The van der Waals surface area contributed by atoms with E-state index < -0.39 is 0 Å². The molecule has 5 heteroatoms. The van der Waals surface area contributed by atoms with Crippen LogP contribution < -0.4 is 10.1 Å². The van der Waals surface area contributed by atoms with Crippen LogP contribution in [0.2, 0.25) is 0 Å². The molecule has 0 bridgehead atoms. The highest BCUT2D eigenvalue weighted by atomic mass is 79.9. The van der Waals surface area contributed by atoms with Crippen molar-refractivity contribution in [2.24, 2.45) is 0 Å². The molecule has 0 atom stereocenters. The maximum Gasteiger partial charge on any atom is 0.220 e. The average Bonchev–Trinajstić information content (AvgIpc) is 2.97. The van der Waals surface area contributed by atoms with E-state index in [0.717, 1.165) is 23.1 Å². The van der Waals surface area contributed by atoms with Crippen LogP contribution in [0.15, 0.2) is 46.3 Å². The predicted octanol–water partition coefficient (Wildman–Crippen LogP) is 4.03. The summed E-state index contributed by atoms with van der Waals surface area (Å²) in [6.45, 7) is 1.25. The monoisotopic (exact) mass is 367 g/mol. The number of thiophene rings is 1. The van der Waals surface area contributed by atoms with Crippen LogP contribution in [-0.4, -0.2) is 19.1 Å². The molecule has 2 rings (SSSR count). The van der Waals surface area contributed by atoms with E-state index in [4.69, 9.17) is 4.74 Å². The Morgan fingerprint density at radius 2 is 2.19 bits per heavy atom. The molecule has 0 aliphatic rings. The van der Waals surface area contributed by atoms with Gasteiger partial charge in [-0.3, -0.25) is 4.79 Å². The van der Waals surface area contributed by atoms with Gasteiger partial charge >= 0.3 is 0 Å². The zero-order valence-corrected chi connectivity index (χ0v) is 14.1. The van der Waals surface area contributed by atoms with E-state index in [1.54, 1.807) is 11.3 Å². The highest BCUT2D eigenvalue weighted by Gasteiger charge is 2.02.